The minimum Gasteiger partial charge on any atom is -0.493 e. The van der Waals surface area contributed by atoms with E-state index >= 15 is 0 Å². The van der Waals surface area contributed by atoms with Crippen molar-refractivity contribution in [2.75, 3.05) is 46.1 Å². The van der Waals surface area contributed by atoms with Crippen molar-refractivity contribution < 1.29 is 43.3 Å². The minimum absolute atomic E-state index is 0.0597. The molecule has 0 unspecified atom stereocenters. The summed E-state index contributed by atoms with van der Waals surface area (Å²) in [4.78, 5) is 54.0. The lowest BCUT2D eigenvalue weighted by atomic mass is 10.1. The quantitative estimate of drug-likeness (QED) is 0.214. The summed E-state index contributed by atoms with van der Waals surface area (Å²) < 4.78 is 22.8. The molecule has 0 bridgehead atoms. The van der Waals surface area contributed by atoms with Crippen molar-refractivity contribution in [1.82, 2.24) is 9.96 Å². The summed E-state index contributed by atoms with van der Waals surface area (Å²) in [7, 11) is 6.79. The third-order valence-electron chi connectivity index (χ3n) is 7.11. The number of nitrogens with zero attached hydrogens (tertiary/aromatic N) is 2. The van der Waals surface area contributed by atoms with E-state index in [1.54, 1.807) is 12.1 Å². The number of ether oxygens (including phenoxy) is 4. The van der Waals surface area contributed by atoms with Gasteiger partial charge in [0.2, 0.25) is 17.6 Å². The Hall–Kier alpha value is -4.82. The van der Waals surface area contributed by atoms with Crippen molar-refractivity contribution in [3.8, 4) is 28.7 Å². The second kappa shape index (κ2) is 13.4. The molecule has 3 N–H and O–H groups in total. The average molecular weight is 686 g/mol. The summed E-state index contributed by atoms with van der Waals surface area (Å²) in [6.45, 7) is 3.81. The third kappa shape index (κ3) is 6.81. The smallest absolute Gasteiger partial charge is 0.257 e. The fourth-order valence-corrected chi connectivity index (χ4v) is 5.52. The number of nitrogens with one attached hydrogen (secondary N) is 2. The number of carbonyl (C=O) groups is 4. The number of amides is 4. The summed E-state index contributed by atoms with van der Waals surface area (Å²) in [5.74, 6) is -1.31. The van der Waals surface area contributed by atoms with Crippen molar-refractivity contribution >= 4 is 50.9 Å². The number of hydrogen-bond acceptors (Lipinski definition) is 9. The monoisotopic (exact) mass is 684 g/mol. The van der Waals surface area contributed by atoms with Gasteiger partial charge in [0, 0.05) is 14.1 Å². The predicted molar refractivity (Wildman–Crippen MR) is 168 cm³/mol. The molecule has 45 heavy (non-hydrogen) atoms. The Labute approximate surface area is 268 Å². The van der Waals surface area contributed by atoms with Crippen LogP contribution in [-0.2, 0) is 9.59 Å². The topological polar surface area (TPSA) is 156 Å². The Morgan fingerprint density at radius 2 is 1.62 bits per heavy atom. The van der Waals surface area contributed by atoms with E-state index in [1.807, 2.05) is 19.9 Å². The maximum atomic E-state index is 13.8. The second-order valence-electron chi connectivity index (χ2n) is 10.3. The van der Waals surface area contributed by atoms with E-state index in [0.29, 0.717) is 10.8 Å². The zero-order valence-corrected chi connectivity index (χ0v) is 27.3. The molecule has 0 saturated heterocycles. The minimum atomic E-state index is -1.22. The highest BCUT2D eigenvalue weighted by atomic mass is 79.9. The van der Waals surface area contributed by atoms with E-state index in [2.05, 4.69) is 26.6 Å². The highest BCUT2D eigenvalue weighted by Gasteiger charge is 2.36. The number of hydrogen-bond donors (Lipinski definition) is 3. The molecule has 0 fully saturated rings. The third-order valence-corrected chi connectivity index (χ3v) is 7.90. The van der Waals surface area contributed by atoms with Gasteiger partial charge in [-0.3, -0.25) is 24.4 Å². The number of benzene rings is 3. The number of likely N-dealkylation sites (N-methyl/N-ethyl adjacent to an activating group) is 1. The molecular formula is C31H33BrN4O9. The standard InChI is InChI=1S/C31H33BrN4O9/c1-15-8-16(2)10-17(9-15)45-23-11-18-20(33-30(39)22(35(3)31(18)40)14-25(37)36(4)41)13-21(23)34-29(38)19-12-24(42-5)27(43-6)28(44-7)26(19)32/h8-13,22,41H,14H2,1-7H3,(H,33,39)(H,34,38)/t22-/m0/s1. The van der Waals surface area contributed by atoms with Gasteiger partial charge in [-0.15, -0.1) is 0 Å². The summed E-state index contributed by atoms with van der Waals surface area (Å²) >= 11 is 3.42. The molecule has 0 aromatic heterocycles. The van der Waals surface area contributed by atoms with Crippen LogP contribution in [0.25, 0.3) is 0 Å². The molecule has 0 aliphatic carbocycles. The summed E-state index contributed by atoms with van der Waals surface area (Å²) in [5, 5.41) is 15.4. The molecule has 0 radical (unpaired) electrons. The van der Waals surface area contributed by atoms with Gasteiger partial charge in [-0.25, -0.2) is 5.06 Å². The Morgan fingerprint density at radius 3 is 2.20 bits per heavy atom. The number of carbonyl (C=O) groups excluding carboxylic acids is 4. The SMILES string of the molecule is COc1cc(C(=O)Nc2cc3c(cc2Oc2cc(C)cc(C)c2)C(=O)N(C)[C@@H](CC(=O)N(C)O)C(=O)N3)c(Br)c(OC)c1OC. The number of anilines is 2. The summed E-state index contributed by atoms with van der Waals surface area (Å²) in [6, 6.07) is 8.62. The lowest BCUT2D eigenvalue weighted by Crippen LogP contribution is -2.45. The number of aryl methyl sites for hydroxylation is 2. The van der Waals surface area contributed by atoms with Crippen LogP contribution in [0, 0.1) is 13.8 Å². The van der Waals surface area contributed by atoms with Crippen LogP contribution < -0.4 is 29.6 Å². The van der Waals surface area contributed by atoms with Gasteiger partial charge < -0.3 is 34.5 Å². The summed E-state index contributed by atoms with van der Waals surface area (Å²) in [5.41, 5.74) is 2.25. The maximum absolute atomic E-state index is 13.8. The van der Waals surface area contributed by atoms with E-state index in [1.165, 1.54) is 46.6 Å². The largest absolute Gasteiger partial charge is 0.493 e. The highest BCUT2D eigenvalue weighted by Crippen LogP contribution is 2.45. The van der Waals surface area contributed by atoms with Crippen LogP contribution in [0.2, 0.25) is 0 Å². The highest BCUT2D eigenvalue weighted by molar-refractivity contribution is 9.10. The zero-order chi connectivity index (χ0) is 33.2. The maximum Gasteiger partial charge on any atom is 0.257 e. The van der Waals surface area contributed by atoms with Gasteiger partial charge in [-0.1, -0.05) is 6.07 Å². The van der Waals surface area contributed by atoms with Gasteiger partial charge in [0.25, 0.3) is 11.8 Å². The van der Waals surface area contributed by atoms with Gasteiger partial charge in [-0.05, 0) is 71.2 Å². The first-order valence-corrected chi connectivity index (χ1v) is 14.4. The van der Waals surface area contributed by atoms with E-state index in [0.717, 1.165) is 23.1 Å². The van der Waals surface area contributed by atoms with Gasteiger partial charge in [-0.2, -0.15) is 0 Å². The zero-order valence-electron chi connectivity index (χ0n) is 25.7. The average Bonchev–Trinajstić information content (AvgIpc) is 3.06. The second-order valence-corrected chi connectivity index (χ2v) is 11.1. The van der Waals surface area contributed by atoms with Crippen LogP contribution in [-0.4, -0.2) is 80.3 Å². The van der Waals surface area contributed by atoms with Crippen LogP contribution in [0.1, 0.15) is 38.3 Å². The number of fused-ring (bicyclic) bond motifs is 1. The molecule has 0 spiro atoms. The van der Waals surface area contributed by atoms with Crippen molar-refractivity contribution in [2.24, 2.45) is 0 Å². The Bertz CT molecular complexity index is 1670. The summed E-state index contributed by atoms with van der Waals surface area (Å²) in [6.07, 6.45) is -0.459. The molecule has 238 valence electrons. The molecule has 13 nitrogen and oxygen atoms in total. The number of rotatable bonds is 9. The number of halogens is 1. The first kappa shape index (κ1) is 33.1. The first-order valence-electron chi connectivity index (χ1n) is 13.6. The Morgan fingerprint density at radius 1 is 0.978 bits per heavy atom. The molecular weight excluding hydrogens is 652 g/mol. The van der Waals surface area contributed by atoms with Crippen LogP contribution in [0.4, 0.5) is 11.4 Å². The van der Waals surface area contributed by atoms with Crippen LogP contribution in [0.3, 0.4) is 0 Å². The van der Waals surface area contributed by atoms with Crippen molar-refractivity contribution in [2.45, 2.75) is 26.3 Å². The van der Waals surface area contributed by atoms with E-state index in [-0.39, 0.29) is 50.0 Å². The van der Waals surface area contributed by atoms with Crippen LogP contribution in [0.15, 0.2) is 40.9 Å². The number of hydroxylamine groups is 2. The van der Waals surface area contributed by atoms with Crippen molar-refractivity contribution in [3.05, 3.63) is 63.1 Å². The van der Waals surface area contributed by atoms with Gasteiger partial charge >= 0.3 is 0 Å². The fraction of sp³-hybridized carbons (Fsp3) is 0.290. The number of methoxy groups -OCH3 is 3. The molecule has 1 aliphatic heterocycles. The molecule has 3 aromatic rings. The molecule has 14 heteroatoms. The van der Waals surface area contributed by atoms with Gasteiger partial charge in [0.05, 0.1) is 54.7 Å². The lowest BCUT2D eigenvalue weighted by molar-refractivity contribution is -0.161. The van der Waals surface area contributed by atoms with Gasteiger partial charge in [0.1, 0.15) is 11.8 Å². The van der Waals surface area contributed by atoms with Crippen molar-refractivity contribution in [3.63, 3.8) is 0 Å². The van der Waals surface area contributed by atoms with Crippen molar-refractivity contribution in [1.29, 1.82) is 0 Å². The Balaban J connectivity index is 1.83. The Kier molecular flexibility index (Phi) is 9.88. The van der Waals surface area contributed by atoms with E-state index in [4.69, 9.17) is 18.9 Å². The van der Waals surface area contributed by atoms with E-state index < -0.39 is 36.1 Å². The fourth-order valence-electron chi connectivity index (χ4n) is 4.89. The predicted octanol–water partition coefficient (Wildman–Crippen LogP) is 4.77. The molecule has 1 aliphatic rings. The van der Waals surface area contributed by atoms with Crippen LogP contribution >= 0.6 is 15.9 Å². The first-order chi connectivity index (χ1) is 21.3. The van der Waals surface area contributed by atoms with Gasteiger partial charge in [0.15, 0.2) is 17.2 Å². The molecule has 1 heterocycles. The normalized spacial score (nSPS) is 14.2. The molecule has 1 atom stereocenters. The molecule has 3 aromatic carbocycles. The lowest BCUT2D eigenvalue weighted by Gasteiger charge is -2.24. The van der Waals surface area contributed by atoms with E-state index in [9.17, 15) is 24.4 Å². The van der Waals surface area contributed by atoms with Crippen LogP contribution in [0.5, 0.6) is 28.7 Å². The molecule has 4 amide bonds. The molecule has 4 rings (SSSR count). The molecule has 0 saturated carbocycles.